The van der Waals surface area contributed by atoms with E-state index in [0.717, 1.165) is 28.8 Å². The second kappa shape index (κ2) is 5.10. The Labute approximate surface area is 105 Å². The summed E-state index contributed by atoms with van der Waals surface area (Å²) in [4.78, 5) is 0.896. The highest BCUT2D eigenvalue weighted by atomic mass is 32.1. The van der Waals surface area contributed by atoms with Crippen molar-refractivity contribution in [2.45, 2.75) is 46.1 Å². The smallest absolute Gasteiger partial charge is 0.234 e. The van der Waals surface area contributed by atoms with Crippen molar-refractivity contribution in [2.75, 3.05) is 6.54 Å². The lowest BCUT2D eigenvalue weighted by atomic mass is 10.2. The average molecular weight is 253 g/mol. The van der Waals surface area contributed by atoms with Crippen molar-refractivity contribution in [2.24, 2.45) is 0 Å². The van der Waals surface area contributed by atoms with Gasteiger partial charge in [-0.3, -0.25) is 0 Å². The van der Waals surface area contributed by atoms with Gasteiger partial charge in [0.2, 0.25) is 4.96 Å². The molecule has 0 aliphatic heterocycles. The van der Waals surface area contributed by atoms with E-state index in [2.05, 4.69) is 48.3 Å². The van der Waals surface area contributed by atoms with Crippen LogP contribution in [0.15, 0.2) is 0 Å². The first kappa shape index (κ1) is 12.4. The second-order valence-corrected chi connectivity index (χ2v) is 5.61. The molecule has 0 radical (unpaired) electrons. The van der Waals surface area contributed by atoms with Gasteiger partial charge in [0.25, 0.3) is 0 Å². The standard InChI is InChI=1S/C11H19N5S/c1-5-12-8(4)6-9-15-16-10(7(2)3)13-14-11(16)17-9/h7-8,12H,5-6H2,1-4H3. The number of hydrogen-bond donors (Lipinski definition) is 1. The zero-order valence-electron chi connectivity index (χ0n) is 10.8. The monoisotopic (exact) mass is 253 g/mol. The van der Waals surface area contributed by atoms with Crippen LogP contribution in [0.4, 0.5) is 0 Å². The number of nitrogens with zero attached hydrogens (tertiary/aromatic N) is 4. The number of hydrogen-bond acceptors (Lipinski definition) is 5. The fraction of sp³-hybridized carbons (Fsp3) is 0.727. The van der Waals surface area contributed by atoms with Crippen LogP contribution in [0.2, 0.25) is 0 Å². The van der Waals surface area contributed by atoms with Crippen LogP contribution in [0.25, 0.3) is 4.96 Å². The molecule has 1 unspecified atom stereocenters. The predicted molar refractivity (Wildman–Crippen MR) is 69.6 cm³/mol. The van der Waals surface area contributed by atoms with Gasteiger partial charge in [-0.2, -0.15) is 9.61 Å². The molecular weight excluding hydrogens is 234 g/mol. The number of nitrogens with one attached hydrogen (secondary N) is 1. The topological polar surface area (TPSA) is 55.1 Å². The third-order valence-electron chi connectivity index (χ3n) is 2.61. The first-order valence-electron chi connectivity index (χ1n) is 6.06. The van der Waals surface area contributed by atoms with E-state index in [-0.39, 0.29) is 0 Å². The van der Waals surface area contributed by atoms with E-state index in [0.29, 0.717) is 12.0 Å². The molecule has 17 heavy (non-hydrogen) atoms. The van der Waals surface area contributed by atoms with E-state index in [1.165, 1.54) is 0 Å². The molecular formula is C11H19N5S. The molecule has 0 spiro atoms. The summed E-state index contributed by atoms with van der Waals surface area (Å²) in [7, 11) is 0. The van der Waals surface area contributed by atoms with Gasteiger partial charge in [0.05, 0.1) is 0 Å². The van der Waals surface area contributed by atoms with E-state index in [1.807, 2.05) is 4.52 Å². The molecule has 0 aliphatic rings. The van der Waals surface area contributed by atoms with Gasteiger partial charge in [-0.05, 0) is 13.5 Å². The van der Waals surface area contributed by atoms with Crippen molar-refractivity contribution >= 4 is 16.3 Å². The third-order valence-corrected chi connectivity index (χ3v) is 3.53. The van der Waals surface area contributed by atoms with Gasteiger partial charge in [0, 0.05) is 18.4 Å². The van der Waals surface area contributed by atoms with Crippen LogP contribution in [-0.4, -0.2) is 32.4 Å². The lowest BCUT2D eigenvalue weighted by Gasteiger charge is -2.08. The van der Waals surface area contributed by atoms with Gasteiger partial charge < -0.3 is 5.32 Å². The second-order valence-electron chi connectivity index (χ2n) is 4.57. The van der Waals surface area contributed by atoms with Crippen LogP contribution >= 0.6 is 11.3 Å². The summed E-state index contributed by atoms with van der Waals surface area (Å²) in [5, 5.41) is 17.4. The van der Waals surface area contributed by atoms with Crippen molar-refractivity contribution in [3.05, 3.63) is 10.8 Å². The summed E-state index contributed by atoms with van der Waals surface area (Å²) >= 11 is 1.63. The fourth-order valence-corrected chi connectivity index (χ4v) is 2.77. The first-order chi connectivity index (χ1) is 8.11. The molecule has 2 heterocycles. The Morgan fingerprint density at radius 3 is 2.71 bits per heavy atom. The molecule has 6 heteroatoms. The molecule has 0 saturated heterocycles. The van der Waals surface area contributed by atoms with Gasteiger partial charge in [0.1, 0.15) is 5.01 Å². The van der Waals surface area contributed by atoms with Crippen molar-refractivity contribution in [1.29, 1.82) is 0 Å². The van der Waals surface area contributed by atoms with Crippen LogP contribution in [-0.2, 0) is 6.42 Å². The fourth-order valence-electron chi connectivity index (χ4n) is 1.80. The summed E-state index contributed by atoms with van der Waals surface area (Å²) in [6, 6.07) is 0.450. The quantitative estimate of drug-likeness (QED) is 0.883. The Bertz CT molecular complexity index is 487. The van der Waals surface area contributed by atoms with Crippen LogP contribution in [0.1, 0.15) is 44.4 Å². The van der Waals surface area contributed by atoms with Crippen molar-refractivity contribution in [3.8, 4) is 0 Å². The highest BCUT2D eigenvalue weighted by Gasteiger charge is 2.15. The molecule has 94 valence electrons. The molecule has 1 N–H and O–H groups in total. The van der Waals surface area contributed by atoms with Gasteiger partial charge in [-0.15, -0.1) is 10.2 Å². The first-order valence-corrected chi connectivity index (χ1v) is 6.87. The molecule has 1 atom stereocenters. The van der Waals surface area contributed by atoms with Crippen molar-refractivity contribution < 1.29 is 0 Å². The Morgan fingerprint density at radius 1 is 1.29 bits per heavy atom. The molecule has 0 amide bonds. The maximum Gasteiger partial charge on any atom is 0.234 e. The lowest BCUT2D eigenvalue weighted by Crippen LogP contribution is -2.27. The minimum Gasteiger partial charge on any atom is -0.314 e. The normalized spacial score (nSPS) is 13.7. The molecule has 0 saturated carbocycles. The molecule has 2 rings (SSSR count). The summed E-state index contributed by atoms with van der Waals surface area (Å²) in [5.74, 6) is 1.30. The number of fused-ring (bicyclic) bond motifs is 1. The zero-order chi connectivity index (χ0) is 12.4. The minimum atomic E-state index is 0.353. The number of rotatable bonds is 5. The Balaban J connectivity index is 2.20. The largest absolute Gasteiger partial charge is 0.314 e. The van der Waals surface area contributed by atoms with Gasteiger partial charge in [-0.1, -0.05) is 32.1 Å². The van der Waals surface area contributed by atoms with Crippen LogP contribution in [0.5, 0.6) is 0 Å². The minimum absolute atomic E-state index is 0.353. The zero-order valence-corrected chi connectivity index (χ0v) is 11.6. The molecule has 2 aromatic heterocycles. The highest BCUT2D eigenvalue weighted by Crippen LogP contribution is 2.19. The maximum atomic E-state index is 4.59. The summed E-state index contributed by atoms with van der Waals surface area (Å²) in [6.45, 7) is 9.50. The lowest BCUT2D eigenvalue weighted by molar-refractivity contribution is 0.559. The molecule has 2 aromatic rings. The number of aromatic nitrogens is 4. The molecule has 0 aromatic carbocycles. The molecule has 0 aliphatic carbocycles. The van der Waals surface area contributed by atoms with E-state index in [4.69, 9.17) is 0 Å². The molecule has 5 nitrogen and oxygen atoms in total. The number of likely N-dealkylation sites (N-methyl/N-ethyl adjacent to an activating group) is 1. The van der Waals surface area contributed by atoms with Crippen molar-refractivity contribution in [3.63, 3.8) is 0 Å². The Hall–Kier alpha value is -1.01. The van der Waals surface area contributed by atoms with E-state index < -0.39 is 0 Å². The van der Waals surface area contributed by atoms with E-state index >= 15 is 0 Å². The van der Waals surface area contributed by atoms with Crippen LogP contribution < -0.4 is 5.32 Å². The average Bonchev–Trinajstić information content (AvgIpc) is 2.76. The molecule has 0 bridgehead atoms. The highest BCUT2D eigenvalue weighted by molar-refractivity contribution is 7.16. The van der Waals surface area contributed by atoms with Gasteiger partial charge in [-0.25, -0.2) is 0 Å². The summed E-state index contributed by atoms with van der Waals surface area (Å²) in [5.41, 5.74) is 0. The SMILES string of the molecule is CCNC(C)Cc1nn2c(C(C)C)nnc2s1. The van der Waals surface area contributed by atoms with E-state index in [1.54, 1.807) is 11.3 Å². The van der Waals surface area contributed by atoms with Gasteiger partial charge in [0.15, 0.2) is 5.82 Å². The van der Waals surface area contributed by atoms with Gasteiger partial charge >= 0.3 is 0 Å². The Kier molecular flexibility index (Phi) is 3.73. The summed E-state index contributed by atoms with van der Waals surface area (Å²) < 4.78 is 1.88. The van der Waals surface area contributed by atoms with Crippen molar-refractivity contribution in [1.82, 2.24) is 25.1 Å². The van der Waals surface area contributed by atoms with Crippen LogP contribution in [0.3, 0.4) is 0 Å². The molecule has 0 fully saturated rings. The van der Waals surface area contributed by atoms with E-state index in [9.17, 15) is 0 Å². The maximum absolute atomic E-state index is 4.59. The summed E-state index contributed by atoms with van der Waals surface area (Å²) in [6.07, 6.45) is 0.944. The Morgan fingerprint density at radius 2 is 2.06 bits per heavy atom. The predicted octanol–water partition coefficient (Wildman–Crippen LogP) is 1.85. The third kappa shape index (κ3) is 2.63. The van der Waals surface area contributed by atoms with Crippen LogP contribution in [0, 0.1) is 0 Å².